The van der Waals surface area contributed by atoms with Crippen molar-refractivity contribution < 1.29 is 0 Å². The van der Waals surface area contributed by atoms with Crippen LogP contribution in [0, 0.1) is 0 Å². The Balaban J connectivity index is 1.07. The molecule has 0 aliphatic heterocycles. The molecule has 59 heavy (non-hydrogen) atoms. The van der Waals surface area contributed by atoms with E-state index in [9.17, 15) is 0 Å². The number of rotatable bonds is 5. The number of benzene rings is 10. The van der Waals surface area contributed by atoms with E-state index in [0.29, 0.717) is 5.82 Å². The minimum atomic E-state index is 0.713. The third kappa shape index (κ3) is 5.44. The highest BCUT2D eigenvalue weighted by Crippen LogP contribution is 2.43. The fraction of sp³-hybridized carbons (Fsp3) is 0. The van der Waals surface area contributed by atoms with Crippen molar-refractivity contribution in [2.24, 2.45) is 0 Å². The standard InChI is InChI=1S/C56H35N3/c1-3-15-37(16-4-1)51-35-52(38-17-5-2-6-18-38)58-56(57-51)48-24-13-23-46-43-20-9-10-21-44(43)49-33-40(27-30-47(49)55(46)48)41-28-31-54-50(34-41)45-22-11-12-25-53(45)59(54)42-29-26-36-14-7-8-19-39(36)32-42/h1-35H. The van der Waals surface area contributed by atoms with Crippen LogP contribution in [-0.2, 0) is 0 Å². The minimum absolute atomic E-state index is 0.713. The first-order valence-corrected chi connectivity index (χ1v) is 20.2. The lowest BCUT2D eigenvalue weighted by Gasteiger charge is -2.16. The molecule has 274 valence electrons. The van der Waals surface area contributed by atoms with Gasteiger partial charge in [-0.25, -0.2) is 9.97 Å². The molecular weight excluding hydrogens is 715 g/mol. The molecule has 0 N–H and O–H groups in total. The predicted molar refractivity (Wildman–Crippen MR) is 248 cm³/mol. The molecule has 0 saturated heterocycles. The molecule has 12 aromatic rings. The average molecular weight is 750 g/mol. The Labute approximate surface area is 341 Å². The summed E-state index contributed by atoms with van der Waals surface area (Å²) in [6.45, 7) is 0. The summed E-state index contributed by atoms with van der Waals surface area (Å²) in [5, 5.41) is 12.1. The van der Waals surface area contributed by atoms with E-state index in [-0.39, 0.29) is 0 Å². The van der Waals surface area contributed by atoms with E-state index in [2.05, 4.69) is 205 Å². The van der Waals surface area contributed by atoms with Crippen molar-refractivity contribution >= 4 is 64.9 Å². The van der Waals surface area contributed by atoms with Gasteiger partial charge in [0.2, 0.25) is 0 Å². The van der Waals surface area contributed by atoms with Gasteiger partial charge in [0.25, 0.3) is 0 Å². The lowest BCUT2D eigenvalue weighted by molar-refractivity contribution is 1.19. The second-order valence-electron chi connectivity index (χ2n) is 15.3. The molecule has 0 fully saturated rings. The Morgan fingerprint density at radius 1 is 0.305 bits per heavy atom. The van der Waals surface area contributed by atoms with Crippen molar-refractivity contribution in [3.8, 4) is 50.7 Å². The van der Waals surface area contributed by atoms with Crippen LogP contribution in [0.4, 0.5) is 0 Å². The zero-order valence-corrected chi connectivity index (χ0v) is 32.0. The average Bonchev–Trinajstić information content (AvgIpc) is 3.65. The molecule has 0 spiro atoms. The Morgan fingerprint density at radius 3 is 1.61 bits per heavy atom. The van der Waals surface area contributed by atoms with E-state index in [0.717, 1.165) is 39.2 Å². The molecule has 0 bridgehead atoms. The monoisotopic (exact) mass is 749 g/mol. The molecule has 0 saturated carbocycles. The summed E-state index contributed by atoms with van der Waals surface area (Å²) in [4.78, 5) is 10.6. The molecule has 3 nitrogen and oxygen atoms in total. The predicted octanol–water partition coefficient (Wildman–Crippen LogP) is 14.9. The van der Waals surface area contributed by atoms with Gasteiger partial charge in [0, 0.05) is 38.5 Å². The Hall–Kier alpha value is -7.88. The van der Waals surface area contributed by atoms with Crippen LogP contribution in [-0.4, -0.2) is 14.5 Å². The second kappa shape index (κ2) is 13.4. The molecule has 0 amide bonds. The summed E-state index contributed by atoms with van der Waals surface area (Å²) in [6.07, 6.45) is 0. The van der Waals surface area contributed by atoms with Crippen LogP contribution >= 0.6 is 0 Å². The smallest absolute Gasteiger partial charge is 0.161 e. The quantitative estimate of drug-likeness (QED) is 0.164. The molecule has 12 rings (SSSR count). The Kier molecular flexibility index (Phi) is 7.54. The van der Waals surface area contributed by atoms with E-state index >= 15 is 0 Å². The van der Waals surface area contributed by atoms with Crippen molar-refractivity contribution in [2.75, 3.05) is 0 Å². The molecule has 0 atom stereocenters. The van der Waals surface area contributed by atoms with Crippen molar-refractivity contribution in [3.05, 3.63) is 212 Å². The molecule has 0 aliphatic carbocycles. The van der Waals surface area contributed by atoms with Crippen LogP contribution in [0.5, 0.6) is 0 Å². The fourth-order valence-corrected chi connectivity index (χ4v) is 9.20. The van der Waals surface area contributed by atoms with Crippen LogP contribution in [0.2, 0.25) is 0 Å². The minimum Gasteiger partial charge on any atom is -0.309 e. The van der Waals surface area contributed by atoms with Gasteiger partial charge in [0.05, 0.1) is 22.4 Å². The van der Waals surface area contributed by atoms with E-state index in [1.54, 1.807) is 0 Å². The van der Waals surface area contributed by atoms with Crippen molar-refractivity contribution in [2.45, 2.75) is 0 Å². The van der Waals surface area contributed by atoms with Gasteiger partial charge in [0.15, 0.2) is 5.82 Å². The van der Waals surface area contributed by atoms with E-state index in [4.69, 9.17) is 9.97 Å². The number of nitrogens with zero attached hydrogens (tertiary/aromatic N) is 3. The van der Waals surface area contributed by atoms with Crippen molar-refractivity contribution in [1.29, 1.82) is 0 Å². The Morgan fingerprint density at radius 2 is 0.864 bits per heavy atom. The summed E-state index contributed by atoms with van der Waals surface area (Å²) in [5.41, 5.74) is 10.9. The number of aromatic nitrogens is 3. The molecule has 0 radical (unpaired) electrons. The van der Waals surface area contributed by atoms with E-state index in [1.807, 2.05) is 12.1 Å². The van der Waals surface area contributed by atoms with Crippen LogP contribution in [0.3, 0.4) is 0 Å². The number of fused-ring (bicyclic) bond motifs is 10. The summed E-state index contributed by atoms with van der Waals surface area (Å²) in [6, 6.07) is 76.3. The molecule has 10 aromatic carbocycles. The number of hydrogen-bond acceptors (Lipinski definition) is 2. The van der Waals surface area contributed by atoms with Crippen molar-refractivity contribution in [3.63, 3.8) is 0 Å². The maximum Gasteiger partial charge on any atom is 0.161 e. The maximum absolute atomic E-state index is 5.28. The van der Waals surface area contributed by atoms with Crippen molar-refractivity contribution in [1.82, 2.24) is 14.5 Å². The maximum atomic E-state index is 5.28. The highest BCUT2D eigenvalue weighted by atomic mass is 15.0. The SMILES string of the molecule is c1ccc(-c2cc(-c3ccccc3)nc(-c3cccc4c5ccccc5c5cc(-c6ccc7c(c6)c6ccccc6n7-c6ccc7ccccc7c6)ccc5c34)n2)cc1. The lowest BCUT2D eigenvalue weighted by atomic mass is 9.89. The fourth-order valence-electron chi connectivity index (χ4n) is 9.20. The van der Waals surface area contributed by atoms with Gasteiger partial charge in [-0.2, -0.15) is 0 Å². The first-order valence-electron chi connectivity index (χ1n) is 20.2. The molecule has 0 aliphatic rings. The highest BCUT2D eigenvalue weighted by molar-refractivity contribution is 6.28. The normalized spacial score (nSPS) is 11.7. The van der Waals surface area contributed by atoms with Gasteiger partial charge in [0.1, 0.15) is 0 Å². The first-order chi connectivity index (χ1) is 29.2. The van der Waals surface area contributed by atoms with Gasteiger partial charge in [-0.3, -0.25) is 0 Å². The van der Waals surface area contributed by atoms with Gasteiger partial charge in [-0.1, -0.05) is 170 Å². The van der Waals surface area contributed by atoms with Crippen LogP contribution in [0.25, 0.3) is 116 Å². The first kappa shape index (κ1) is 33.3. The van der Waals surface area contributed by atoms with Gasteiger partial charge >= 0.3 is 0 Å². The third-order valence-corrected chi connectivity index (χ3v) is 12.0. The highest BCUT2D eigenvalue weighted by Gasteiger charge is 2.19. The summed E-state index contributed by atoms with van der Waals surface area (Å²) in [5.74, 6) is 0.713. The topological polar surface area (TPSA) is 30.7 Å². The number of para-hydroxylation sites is 1. The third-order valence-electron chi connectivity index (χ3n) is 12.0. The zero-order valence-electron chi connectivity index (χ0n) is 32.0. The van der Waals surface area contributed by atoms with Crippen LogP contribution in [0.15, 0.2) is 212 Å². The second-order valence-corrected chi connectivity index (χ2v) is 15.3. The summed E-state index contributed by atoms with van der Waals surface area (Å²) in [7, 11) is 0. The molecule has 0 unspecified atom stereocenters. The summed E-state index contributed by atoms with van der Waals surface area (Å²) >= 11 is 0. The Bertz CT molecular complexity index is 3550. The largest absolute Gasteiger partial charge is 0.309 e. The lowest BCUT2D eigenvalue weighted by Crippen LogP contribution is -1.97. The van der Waals surface area contributed by atoms with Gasteiger partial charge in [-0.15, -0.1) is 0 Å². The molecule has 3 heteroatoms. The summed E-state index contributed by atoms with van der Waals surface area (Å²) < 4.78 is 2.40. The molecule has 2 heterocycles. The van der Waals surface area contributed by atoms with Gasteiger partial charge < -0.3 is 4.57 Å². The van der Waals surface area contributed by atoms with E-state index < -0.39 is 0 Å². The van der Waals surface area contributed by atoms with Gasteiger partial charge in [-0.05, 0) is 91.3 Å². The van der Waals surface area contributed by atoms with E-state index in [1.165, 1.54) is 70.6 Å². The molecule has 2 aromatic heterocycles. The van der Waals surface area contributed by atoms with Crippen LogP contribution < -0.4 is 0 Å². The van der Waals surface area contributed by atoms with Crippen LogP contribution in [0.1, 0.15) is 0 Å². The zero-order chi connectivity index (χ0) is 38.9. The molecular formula is C56H35N3. The number of hydrogen-bond donors (Lipinski definition) is 0.